The monoisotopic (exact) mass is 297 g/mol. The average molecular weight is 297 g/mol. The van der Waals surface area contributed by atoms with Crippen molar-refractivity contribution in [2.45, 2.75) is 32.5 Å². The van der Waals surface area contributed by atoms with Crippen molar-refractivity contribution in [3.8, 4) is 11.3 Å². The van der Waals surface area contributed by atoms with E-state index < -0.39 is 11.7 Å². The standard InChI is InChI=1S/C16H18F3NO/c1-3-20-11(2)9-14-7-8-15(21-14)12-5-4-6-13(10-12)16(17,18)19/h4-8,10-11,20H,3,9H2,1-2H3. The summed E-state index contributed by atoms with van der Waals surface area (Å²) in [6.07, 6.45) is -3.64. The molecule has 1 aromatic carbocycles. The van der Waals surface area contributed by atoms with E-state index in [1.54, 1.807) is 12.1 Å². The van der Waals surface area contributed by atoms with Gasteiger partial charge in [0.1, 0.15) is 11.5 Å². The van der Waals surface area contributed by atoms with Gasteiger partial charge in [0.2, 0.25) is 0 Å². The second-order valence-corrected chi connectivity index (χ2v) is 5.01. The molecule has 0 saturated carbocycles. The van der Waals surface area contributed by atoms with E-state index in [2.05, 4.69) is 5.32 Å². The summed E-state index contributed by atoms with van der Waals surface area (Å²) in [5, 5.41) is 3.26. The van der Waals surface area contributed by atoms with Crippen molar-refractivity contribution in [1.29, 1.82) is 0 Å². The normalized spacial score (nSPS) is 13.4. The van der Waals surface area contributed by atoms with Crippen molar-refractivity contribution < 1.29 is 17.6 Å². The smallest absolute Gasteiger partial charge is 0.416 e. The van der Waals surface area contributed by atoms with Crippen molar-refractivity contribution in [2.24, 2.45) is 0 Å². The summed E-state index contributed by atoms with van der Waals surface area (Å²) >= 11 is 0. The van der Waals surface area contributed by atoms with E-state index in [1.165, 1.54) is 6.07 Å². The fraction of sp³-hybridized carbons (Fsp3) is 0.375. The van der Waals surface area contributed by atoms with Gasteiger partial charge in [0, 0.05) is 18.0 Å². The van der Waals surface area contributed by atoms with Crippen LogP contribution in [0.3, 0.4) is 0 Å². The molecule has 2 nitrogen and oxygen atoms in total. The average Bonchev–Trinajstić information content (AvgIpc) is 2.86. The lowest BCUT2D eigenvalue weighted by atomic mass is 10.1. The molecule has 114 valence electrons. The molecule has 1 unspecified atom stereocenters. The molecular weight excluding hydrogens is 279 g/mol. The van der Waals surface area contributed by atoms with Gasteiger partial charge in [-0.15, -0.1) is 0 Å². The number of benzene rings is 1. The van der Waals surface area contributed by atoms with Gasteiger partial charge in [0.15, 0.2) is 0 Å². The summed E-state index contributed by atoms with van der Waals surface area (Å²) in [5.74, 6) is 1.22. The van der Waals surface area contributed by atoms with E-state index in [0.29, 0.717) is 17.7 Å². The highest BCUT2D eigenvalue weighted by molar-refractivity contribution is 5.58. The van der Waals surface area contributed by atoms with Crippen LogP contribution < -0.4 is 5.32 Å². The van der Waals surface area contributed by atoms with Gasteiger partial charge in [-0.25, -0.2) is 0 Å². The number of furan rings is 1. The van der Waals surface area contributed by atoms with Crippen LogP contribution in [0.2, 0.25) is 0 Å². The van der Waals surface area contributed by atoms with Crippen molar-refractivity contribution in [3.63, 3.8) is 0 Å². The van der Waals surface area contributed by atoms with Crippen molar-refractivity contribution in [2.75, 3.05) is 6.54 Å². The maximum absolute atomic E-state index is 12.7. The van der Waals surface area contributed by atoms with Crippen LogP contribution in [0, 0.1) is 0 Å². The third-order valence-corrected chi connectivity index (χ3v) is 3.20. The fourth-order valence-electron chi connectivity index (χ4n) is 2.21. The lowest BCUT2D eigenvalue weighted by Gasteiger charge is -2.10. The number of hydrogen-bond donors (Lipinski definition) is 1. The van der Waals surface area contributed by atoms with Gasteiger partial charge in [-0.2, -0.15) is 13.2 Å². The van der Waals surface area contributed by atoms with Gasteiger partial charge in [-0.3, -0.25) is 0 Å². The molecule has 1 aromatic heterocycles. The first-order valence-electron chi connectivity index (χ1n) is 6.90. The predicted octanol–water partition coefficient (Wildman–Crippen LogP) is 4.51. The summed E-state index contributed by atoms with van der Waals surface area (Å²) in [6.45, 7) is 4.92. The number of alkyl halides is 3. The topological polar surface area (TPSA) is 25.2 Å². The fourth-order valence-corrected chi connectivity index (χ4v) is 2.21. The zero-order chi connectivity index (χ0) is 15.5. The largest absolute Gasteiger partial charge is 0.461 e. The Morgan fingerprint density at radius 3 is 2.62 bits per heavy atom. The third kappa shape index (κ3) is 4.11. The predicted molar refractivity (Wildman–Crippen MR) is 76.0 cm³/mol. The van der Waals surface area contributed by atoms with E-state index >= 15 is 0 Å². The van der Waals surface area contributed by atoms with Crippen molar-refractivity contribution >= 4 is 0 Å². The van der Waals surface area contributed by atoms with E-state index in [9.17, 15) is 13.2 Å². The molecule has 1 atom stereocenters. The van der Waals surface area contributed by atoms with Gasteiger partial charge in [-0.05, 0) is 37.7 Å². The third-order valence-electron chi connectivity index (χ3n) is 3.20. The zero-order valence-corrected chi connectivity index (χ0v) is 12.0. The molecular formula is C16H18F3NO. The Morgan fingerprint density at radius 2 is 1.95 bits per heavy atom. The Morgan fingerprint density at radius 1 is 1.19 bits per heavy atom. The van der Waals surface area contributed by atoms with Crippen LogP contribution in [0.5, 0.6) is 0 Å². The molecule has 5 heteroatoms. The minimum Gasteiger partial charge on any atom is -0.461 e. The van der Waals surface area contributed by atoms with Crippen LogP contribution in [0.25, 0.3) is 11.3 Å². The molecule has 0 aliphatic rings. The van der Waals surface area contributed by atoms with Gasteiger partial charge in [0.25, 0.3) is 0 Å². The van der Waals surface area contributed by atoms with E-state index in [1.807, 2.05) is 19.9 Å². The molecule has 21 heavy (non-hydrogen) atoms. The Balaban J connectivity index is 2.18. The molecule has 0 spiro atoms. The highest BCUT2D eigenvalue weighted by Gasteiger charge is 2.30. The second kappa shape index (κ2) is 6.35. The number of halogens is 3. The first kappa shape index (κ1) is 15.6. The zero-order valence-electron chi connectivity index (χ0n) is 12.0. The van der Waals surface area contributed by atoms with Crippen LogP contribution in [0.15, 0.2) is 40.8 Å². The number of likely N-dealkylation sites (N-methyl/N-ethyl adjacent to an activating group) is 1. The summed E-state index contributed by atoms with van der Waals surface area (Å²) in [7, 11) is 0. The van der Waals surface area contributed by atoms with Crippen LogP contribution in [0.1, 0.15) is 25.2 Å². The van der Waals surface area contributed by atoms with Crippen LogP contribution in [-0.4, -0.2) is 12.6 Å². The molecule has 1 heterocycles. The van der Waals surface area contributed by atoms with Crippen LogP contribution >= 0.6 is 0 Å². The van der Waals surface area contributed by atoms with Gasteiger partial charge in [0.05, 0.1) is 5.56 Å². The maximum Gasteiger partial charge on any atom is 0.416 e. The van der Waals surface area contributed by atoms with Crippen LogP contribution in [0.4, 0.5) is 13.2 Å². The van der Waals surface area contributed by atoms with Gasteiger partial charge >= 0.3 is 6.18 Å². The molecule has 0 fully saturated rings. The highest BCUT2D eigenvalue weighted by Crippen LogP contribution is 2.32. The Kier molecular flexibility index (Phi) is 4.73. The lowest BCUT2D eigenvalue weighted by Crippen LogP contribution is -2.27. The molecule has 0 radical (unpaired) electrons. The molecule has 2 rings (SSSR count). The van der Waals surface area contributed by atoms with Crippen LogP contribution in [-0.2, 0) is 12.6 Å². The first-order valence-corrected chi connectivity index (χ1v) is 6.90. The minimum atomic E-state index is -4.34. The van der Waals surface area contributed by atoms with Crippen molar-refractivity contribution in [3.05, 3.63) is 47.7 Å². The molecule has 1 N–H and O–H groups in total. The quantitative estimate of drug-likeness (QED) is 0.878. The lowest BCUT2D eigenvalue weighted by molar-refractivity contribution is -0.137. The molecule has 2 aromatic rings. The minimum absolute atomic E-state index is 0.260. The van der Waals surface area contributed by atoms with Crippen molar-refractivity contribution in [1.82, 2.24) is 5.32 Å². The maximum atomic E-state index is 12.7. The molecule has 0 aliphatic heterocycles. The van der Waals surface area contributed by atoms with E-state index in [-0.39, 0.29) is 6.04 Å². The summed E-state index contributed by atoms with van der Waals surface area (Å²) in [4.78, 5) is 0. The molecule has 0 saturated heterocycles. The Hall–Kier alpha value is -1.75. The van der Waals surface area contributed by atoms with E-state index in [4.69, 9.17) is 4.42 Å². The summed E-state index contributed by atoms with van der Waals surface area (Å²) in [6, 6.07) is 8.95. The second-order valence-electron chi connectivity index (χ2n) is 5.01. The van der Waals surface area contributed by atoms with Gasteiger partial charge < -0.3 is 9.73 Å². The Bertz CT molecular complexity index is 589. The highest BCUT2D eigenvalue weighted by atomic mass is 19.4. The number of rotatable bonds is 5. The SMILES string of the molecule is CCNC(C)Cc1ccc(-c2cccc(C(F)(F)F)c2)o1. The number of nitrogens with one attached hydrogen (secondary N) is 1. The molecule has 0 bridgehead atoms. The van der Waals surface area contributed by atoms with Gasteiger partial charge in [-0.1, -0.05) is 19.1 Å². The molecule has 0 amide bonds. The number of hydrogen-bond acceptors (Lipinski definition) is 2. The molecule has 0 aliphatic carbocycles. The van der Waals surface area contributed by atoms with E-state index in [0.717, 1.165) is 24.4 Å². The summed E-state index contributed by atoms with van der Waals surface area (Å²) in [5.41, 5.74) is -0.230. The summed E-state index contributed by atoms with van der Waals surface area (Å²) < 4.78 is 43.8. The Labute approximate surface area is 122 Å². The first-order chi connectivity index (χ1) is 9.90.